The molecule has 66 valence electrons. The first-order valence-electron chi connectivity index (χ1n) is 4.59. The van der Waals surface area contributed by atoms with E-state index in [0.29, 0.717) is 6.61 Å². The van der Waals surface area contributed by atoms with Crippen LogP contribution >= 0.6 is 0 Å². The average Bonchev–Trinajstić information content (AvgIpc) is 2.60. The van der Waals surface area contributed by atoms with Gasteiger partial charge in [0, 0.05) is 6.92 Å². The maximum Gasteiger partial charge on any atom is 0.302 e. The second-order valence-electron chi connectivity index (χ2n) is 3.80. The summed E-state index contributed by atoms with van der Waals surface area (Å²) >= 11 is 0. The first-order valence-corrected chi connectivity index (χ1v) is 4.59. The maximum absolute atomic E-state index is 10.6. The van der Waals surface area contributed by atoms with E-state index in [0.717, 1.165) is 5.92 Å². The fourth-order valence-corrected chi connectivity index (χ4v) is 2.27. The SMILES string of the molecule is CC(=O)OCC1=C2CCC(C2)C1. The number of hydrogen-bond acceptors (Lipinski definition) is 2. The molecule has 2 nitrogen and oxygen atoms in total. The van der Waals surface area contributed by atoms with E-state index in [-0.39, 0.29) is 5.97 Å². The minimum atomic E-state index is -0.161. The summed E-state index contributed by atoms with van der Waals surface area (Å²) in [4.78, 5) is 10.6. The van der Waals surface area contributed by atoms with E-state index < -0.39 is 0 Å². The van der Waals surface area contributed by atoms with Gasteiger partial charge in [0.05, 0.1) is 0 Å². The lowest BCUT2D eigenvalue weighted by Crippen LogP contribution is -2.05. The van der Waals surface area contributed by atoms with Gasteiger partial charge in [-0.2, -0.15) is 0 Å². The lowest BCUT2D eigenvalue weighted by Gasteiger charge is -2.11. The van der Waals surface area contributed by atoms with Crippen molar-refractivity contribution in [2.45, 2.75) is 32.6 Å². The van der Waals surface area contributed by atoms with E-state index in [2.05, 4.69) is 0 Å². The van der Waals surface area contributed by atoms with Gasteiger partial charge in [-0.1, -0.05) is 5.57 Å². The van der Waals surface area contributed by atoms with Crippen molar-refractivity contribution >= 4 is 5.97 Å². The summed E-state index contributed by atoms with van der Waals surface area (Å²) in [5.74, 6) is 0.719. The Labute approximate surface area is 72.6 Å². The summed E-state index contributed by atoms with van der Waals surface area (Å²) in [6.07, 6.45) is 5.07. The third-order valence-corrected chi connectivity index (χ3v) is 2.87. The molecule has 1 saturated carbocycles. The van der Waals surface area contributed by atoms with Crippen molar-refractivity contribution < 1.29 is 9.53 Å². The molecule has 2 aliphatic rings. The molecule has 12 heavy (non-hydrogen) atoms. The highest BCUT2D eigenvalue weighted by Gasteiger charge is 2.29. The molecule has 0 aromatic rings. The molecule has 2 heteroatoms. The molecule has 0 heterocycles. The minimum absolute atomic E-state index is 0.161. The van der Waals surface area contributed by atoms with Crippen molar-refractivity contribution in [1.29, 1.82) is 0 Å². The van der Waals surface area contributed by atoms with Crippen LogP contribution < -0.4 is 0 Å². The molecule has 0 spiro atoms. The van der Waals surface area contributed by atoms with Crippen molar-refractivity contribution in [2.24, 2.45) is 5.92 Å². The van der Waals surface area contributed by atoms with Crippen LogP contribution in [-0.2, 0) is 9.53 Å². The van der Waals surface area contributed by atoms with Gasteiger partial charge in [0.15, 0.2) is 0 Å². The zero-order chi connectivity index (χ0) is 8.55. The predicted octanol–water partition coefficient (Wildman–Crippen LogP) is 2.05. The molecule has 2 rings (SSSR count). The maximum atomic E-state index is 10.6. The highest BCUT2D eigenvalue weighted by atomic mass is 16.5. The molecule has 2 aliphatic carbocycles. The Kier molecular flexibility index (Phi) is 1.91. The Morgan fingerprint density at radius 2 is 2.42 bits per heavy atom. The van der Waals surface area contributed by atoms with Crippen LogP contribution in [0.3, 0.4) is 0 Å². The van der Waals surface area contributed by atoms with E-state index in [9.17, 15) is 4.79 Å². The number of rotatable bonds is 2. The molecule has 1 fully saturated rings. The Bertz CT molecular complexity index is 240. The van der Waals surface area contributed by atoms with Crippen LogP contribution in [0, 0.1) is 5.92 Å². The van der Waals surface area contributed by atoms with Crippen molar-refractivity contribution in [3.8, 4) is 0 Å². The van der Waals surface area contributed by atoms with Gasteiger partial charge in [-0.25, -0.2) is 0 Å². The molecule has 0 aliphatic heterocycles. The Hall–Kier alpha value is -0.790. The second-order valence-corrected chi connectivity index (χ2v) is 3.80. The fraction of sp³-hybridized carbons (Fsp3) is 0.700. The normalized spacial score (nSPS) is 26.6. The number of esters is 1. The highest BCUT2D eigenvalue weighted by Crippen LogP contribution is 2.43. The average molecular weight is 166 g/mol. The number of hydrogen-bond donors (Lipinski definition) is 0. The van der Waals surface area contributed by atoms with Gasteiger partial charge < -0.3 is 4.74 Å². The van der Waals surface area contributed by atoms with E-state index in [1.807, 2.05) is 0 Å². The summed E-state index contributed by atoms with van der Waals surface area (Å²) in [6.45, 7) is 2.03. The molecule has 1 unspecified atom stereocenters. The van der Waals surface area contributed by atoms with E-state index in [4.69, 9.17) is 4.74 Å². The Morgan fingerprint density at radius 1 is 1.58 bits per heavy atom. The van der Waals surface area contributed by atoms with E-state index in [1.54, 1.807) is 5.57 Å². The lowest BCUT2D eigenvalue weighted by molar-refractivity contribution is -0.140. The highest BCUT2D eigenvalue weighted by molar-refractivity contribution is 5.66. The molecule has 0 amide bonds. The van der Waals surface area contributed by atoms with Crippen molar-refractivity contribution in [3.05, 3.63) is 11.1 Å². The van der Waals surface area contributed by atoms with Crippen molar-refractivity contribution in [3.63, 3.8) is 0 Å². The topological polar surface area (TPSA) is 26.3 Å². The quantitative estimate of drug-likeness (QED) is 0.463. The third kappa shape index (κ3) is 1.38. The molecule has 2 bridgehead atoms. The molecule has 0 saturated heterocycles. The molecular formula is C10H14O2. The van der Waals surface area contributed by atoms with Gasteiger partial charge in [0.1, 0.15) is 6.61 Å². The molecular weight excluding hydrogens is 152 g/mol. The second kappa shape index (κ2) is 2.92. The summed E-state index contributed by atoms with van der Waals surface area (Å²) in [6, 6.07) is 0. The zero-order valence-electron chi connectivity index (χ0n) is 7.43. The summed E-state index contributed by atoms with van der Waals surface area (Å²) in [5, 5.41) is 0. The molecule has 1 atom stereocenters. The van der Waals surface area contributed by atoms with Crippen LogP contribution in [0.1, 0.15) is 32.6 Å². The van der Waals surface area contributed by atoms with Gasteiger partial charge >= 0.3 is 5.97 Å². The van der Waals surface area contributed by atoms with Gasteiger partial charge in [0.25, 0.3) is 0 Å². The van der Waals surface area contributed by atoms with Gasteiger partial charge in [0.2, 0.25) is 0 Å². The van der Waals surface area contributed by atoms with Gasteiger partial charge in [-0.05, 0) is 37.2 Å². The summed E-state index contributed by atoms with van der Waals surface area (Å²) in [5.41, 5.74) is 2.97. The van der Waals surface area contributed by atoms with Gasteiger partial charge in [-0.3, -0.25) is 4.79 Å². The number of fused-ring (bicyclic) bond motifs is 2. The van der Waals surface area contributed by atoms with Crippen molar-refractivity contribution in [1.82, 2.24) is 0 Å². The molecule has 0 aromatic heterocycles. The number of allylic oxidation sites excluding steroid dienone is 1. The Balaban J connectivity index is 1.93. The van der Waals surface area contributed by atoms with E-state index in [1.165, 1.54) is 38.2 Å². The lowest BCUT2D eigenvalue weighted by atomic mass is 10.00. The first-order chi connectivity index (χ1) is 5.75. The first kappa shape index (κ1) is 7.84. The fourth-order valence-electron chi connectivity index (χ4n) is 2.27. The molecule has 0 aromatic carbocycles. The van der Waals surface area contributed by atoms with Crippen LogP contribution in [0.4, 0.5) is 0 Å². The summed E-state index contributed by atoms with van der Waals surface area (Å²) in [7, 11) is 0. The smallest absolute Gasteiger partial charge is 0.302 e. The number of carbonyl (C=O) groups is 1. The standard InChI is InChI=1S/C10H14O2/c1-7(11)12-6-10-5-8-2-3-9(10)4-8/h8H,2-6H2,1H3. The largest absolute Gasteiger partial charge is 0.461 e. The third-order valence-electron chi connectivity index (χ3n) is 2.87. The summed E-state index contributed by atoms with van der Waals surface area (Å²) < 4.78 is 4.98. The Morgan fingerprint density at radius 3 is 2.92 bits per heavy atom. The predicted molar refractivity (Wildman–Crippen MR) is 45.6 cm³/mol. The van der Waals surface area contributed by atoms with Crippen LogP contribution in [0.25, 0.3) is 0 Å². The monoisotopic (exact) mass is 166 g/mol. The van der Waals surface area contributed by atoms with Gasteiger partial charge in [-0.15, -0.1) is 0 Å². The molecule has 0 N–H and O–H groups in total. The van der Waals surface area contributed by atoms with Crippen molar-refractivity contribution in [2.75, 3.05) is 6.61 Å². The van der Waals surface area contributed by atoms with E-state index >= 15 is 0 Å². The molecule has 0 radical (unpaired) electrons. The van der Waals surface area contributed by atoms with Crippen LogP contribution in [-0.4, -0.2) is 12.6 Å². The van der Waals surface area contributed by atoms with Crippen LogP contribution in [0.2, 0.25) is 0 Å². The minimum Gasteiger partial charge on any atom is -0.461 e. The van der Waals surface area contributed by atoms with Crippen LogP contribution in [0.15, 0.2) is 11.1 Å². The number of ether oxygens (including phenoxy) is 1. The zero-order valence-corrected chi connectivity index (χ0v) is 7.43. The number of carbonyl (C=O) groups excluding carboxylic acids is 1. The van der Waals surface area contributed by atoms with Crippen LogP contribution in [0.5, 0.6) is 0 Å².